The first-order valence-electron chi connectivity index (χ1n) is 16.8. The summed E-state index contributed by atoms with van der Waals surface area (Å²) in [5, 5.41) is 9.75. The van der Waals surface area contributed by atoms with Crippen LogP contribution in [0.5, 0.6) is 0 Å². The van der Waals surface area contributed by atoms with E-state index in [-0.39, 0.29) is 0 Å². The topological polar surface area (TPSA) is 16.4 Å². The van der Waals surface area contributed by atoms with Gasteiger partial charge in [0.25, 0.3) is 0 Å². The molecule has 0 bridgehead atoms. The maximum atomic E-state index is 6.69. The van der Waals surface area contributed by atoms with Crippen LogP contribution in [0.25, 0.3) is 84.2 Å². The van der Waals surface area contributed by atoms with Crippen molar-refractivity contribution in [2.45, 2.75) is 0 Å². The van der Waals surface area contributed by atoms with Gasteiger partial charge in [0, 0.05) is 62.5 Å². The highest BCUT2D eigenvalue weighted by Gasteiger charge is 2.22. The van der Waals surface area contributed by atoms with Crippen LogP contribution in [0.3, 0.4) is 0 Å². The van der Waals surface area contributed by atoms with E-state index < -0.39 is 0 Å². The van der Waals surface area contributed by atoms with E-state index >= 15 is 0 Å². The number of hydrogen-bond acceptors (Lipinski definition) is 4. The first kappa shape index (κ1) is 28.0. The largest absolute Gasteiger partial charge is 0.455 e. The number of hydrogen-bond donors (Lipinski definition) is 0. The van der Waals surface area contributed by atoms with E-state index in [1.54, 1.807) is 0 Å². The number of thiophene rings is 2. The van der Waals surface area contributed by atoms with Crippen LogP contribution in [0.2, 0.25) is 0 Å². The molecule has 4 heteroatoms. The predicted molar refractivity (Wildman–Crippen MR) is 217 cm³/mol. The molecule has 0 saturated carbocycles. The monoisotopic (exact) mass is 673 g/mol. The van der Waals surface area contributed by atoms with Crippen LogP contribution in [0.4, 0.5) is 17.1 Å². The summed E-state index contributed by atoms with van der Waals surface area (Å²) in [6.07, 6.45) is 0. The molecule has 0 saturated heterocycles. The SMILES string of the molecule is c1cc(-c2cccc3sc4ccccc4c23)cc(N(c2ccc3c(c2)sc2ccccc23)c2cccc3oc4c5ccccc5ccc4c23)c1. The van der Waals surface area contributed by atoms with Gasteiger partial charge in [0.1, 0.15) is 11.2 Å². The average molecular weight is 674 g/mol. The minimum Gasteiger partial charge on any atom is -0.455 e. The Morgan fingerprint density at radius 3 is 2.02 bits per heavy atom. The highest BCUT2D eigenvalue weighted by atomic mass is 32.1. The molecule has 0 atom stereocenters. The zero-order valence-electron chi connectivity index (χ0n) is 26.8. The predicted octanol–water partition coefficient (Wildman–Crippen LogP) is 14.6. The molecule has 0 aliphatic carbocycles. The van der Waals surface area contributed by atoms with Gasteiger partial charge in [-0.25, -0.2) is 0 Å². The number of benzene rings is 8. The summed E-state index contributed by atoms with van der Waals surface area (Å²) in [4.78, 5) is 2.42. The second kappa shape index (κ2) is 10.8. The van der Waals surface area contributed by atoms with E-state index in [0.717, 1.165) is 44.4 Å². The fourth-order valence-corrected chi connectivity index (χ4v) is 10.1. The molecule has 0 radical (unpaired) electrons. The molecule has 0 N–H and O–H groups in total. The molecule has 0 aliphatic heterocycles. The van der Waals surface area contributed by atoms with Crippen molar-refractivity contribution < 1.29 is 4.42 Å². The second-order valence-electron chi connectivity index (χ2n) is 12.9. The van der Waals surface area contributed by atoms with Gasteiger partial charge < -0.3 is 9.32 Å². The van der Waals surface area contributed by atoms with E-state index in [4.69, 9.17) is 4.42 Å². The molecule has 2 nitrogen and oxygen atoms in total. The quantitative estimate of drug-likeness (QED) is 0.185. The van der Waals surface area contributed by atoms with Gasteiger partial charge in [-0.3, -0.25) is 0 Å². The van der Waals surface area contributed by atoms with Crippen LogP contribution in [0.15, 0.2) is 168 Å². The molecular formula is C46H27NOS2. The molecule has 50 heavy (non-hydrogen) atoms. The lowest BCUT2D eigenvalue weighted by atomic mass is 9.98. The zero-order valence-corrected chi connectivity index (χ0v) is 28.4. The van der Waals surface area contributed by atoms with Crippen molar-refractivity contribution in [1.82, 2.24) is 0 Å². The molecule has 11 aromatic rings. The molecular weight excluding hydrogens is 647 g/mol. The molecule has 0 fully saturated rings. The molecule has 0 spiro atoms. The van der Waals surface area contributed by atoms with Gasteiger partial charge in [0.15, 0.2) is 0 Å². The smallest absolute Gasteiger partial charge is 0.143 e. The van der Waals surface area contributed by atoms with Crippen LogP contribution in [0, 0.1) is 0 Å². The molecule has 8 aromatic carbocycles. The molecule has 0 aliphatic rings. The number of rotatable bonds is 4. The van der Waals surface area contributed by atoms with Gasteiger partial charge in [-0.15, -0.1) is 22.7 Å². The summed E-state index contributed by atoms with van der Waals surface area (Å²) in [6.45, 7) is 0. The van der Waals surface area contributed by atoms with E-state index in [0.29, 0.717) is 0 Å². The van der Waals surface area contributed by atoms with Crippen molar-refractivity contribution >= 4 is 113 Å². The molecule has 0 amide bonds. The van der Waals surface area contributed by atoms with E-state index in [1.165, 1.54) is 56.9 Å². The molecule has 0 unspecified atom stereocenters. The average Bonchev–Trinajstić information content (AvgIpc) is 3.86. The van der Waals surface area contributed by atoms with Crippen molar-refractivity contribution in [3.63, 3.8) is 0 Å². The molecule has 3 aromatic heterocycles. The second-order valence-corrected chi connectivity index (χ2v) is 15.0. The highest BCUT2D eigenvalue weighted by molar-refractivity contribution is 7.26. The highest BCUT2D eigenvalue weighted by Crippen LogP contribution is 2.47. The van der Waals surface area contributed by atoms with Crippen LogP contribution in [0.1, 0.15) is 0 Å². The Labute approximate surface area is 295 Å². The minimum atomic E-state index is 0.882. The first-order chi connectivity index (χ1) is 24.8. The summed E-state index contributed by atoms with van der Waals surface area (Å²) in [5.41, 5.74) is 7.56. The Morgan fingerprint density at radius 1 is 0.420 bits per heavy atom. The van der Waals surface area contributed by atoms with Gasteiger partial charge in [-0.05, 0) is 77.2 Å². The van der Waals surface area contributed by atoms with E-state index in [2.05, 4.69) is 169 Å². The number of nitrogens with zero attached hydrogens (tertiary/aromatic N) is 1. The van der Waals surface area contributed by atoms with Crippen molar-refractivity contribution in [1.29, 1.82) is 0 Å². The Kier molecular flexibility index (Phi) is 6.03. The lowest BCUT2D eigenvalue weighted by Gasteiger charge is -2.27. The zero-order chi connectivity index (χ0) is 32.8. The number of fused-ring (bicyclic) bond motifs is 11. The summed E-state index contributed by atoms with van der Waals surface area (Å²) in [5.74, 6) is 0. The normalized spacial score (nSPS) is 12.0. The third kappa shape index (κ3) is 4.13. The lowest BCUT2D eigenvalue weighted by molar-refractivity contribution is 0.672. The standard InChI is InChI=1S/C46H27NOS2/c1-2-13-33-28(10-1)22-24-37-45-38(17-9-18-39(45)48-46(33)37)47(31-23-25-35-34-14-3-5-19-40(34)50-43(35)27-31)30-12-7-11-29(26-30)32-16-8-21-42-44(32)36-15-4-6-20-41(36)49-42/h1-27H. The molecule has 11 rings (SSSR count). The van der Waals surface area contributed by atoms with Gasteiger partial charge >= 0.3 is 0 Å². The molecule has 3 heterocycles. The number of anilines is 3. The van der Waals surface area contributed by atoms with Gasteiger partial charge in [0.2, 0.25) is 0 Å². The van der Waals surface area contributed by atoms with Crippen molar-refractivity contribution in [2.24, 2.45) is 0 Å². The summed E-state index contributed by atoms with van der Waals surface area (Å²) < 4.78 is 11.9. The minimum absolute atomic E-state index is 0.882. The Balaban J connectivity index is 1.19. The Hall–Kier alpha value is -5.94. The third-order valence-corrected chi connectivity index (χ3v) is 12.3. The summed E-state index contributed by atoms with van der Waals surface area (Å²) >= 11 is 3.71. The molecule has 234 valence electrons. The fraction of sp³-hybridized carbons (Fsp3) is 0. The van der Waals surface area contributed by atoms with Gasteiger partial charge in [0.05, 0.1) is 11.1 Å². The van der Waals surface area contributed by atoms with Crippen LogP contribution in [-0.2, 0) is 0 Å². The van der Waals surface area contributed by atoms with Gasteiger partial charge in [-0.2, -0.15) is 0 Å². The third-order valence-electron chi connectivity index (χ3n) is 10.0. The van der Waals surface area contributed by atoms with Crippen LogP contribution < -0.4 is 4.90 Å². The fourth-order valence-electron chi connectivity index (χ4n) is 7.83. The van der Waals surface area contributed by atoms with E-state index in [1.807, 2.05) is 22.7 Å². The Bertz CT molecular complexity index is 3130. The summed E-state index contributed by atoms with van der Waals surface area (Å²) in [7, 11) is 0. The lowest BCUT2D eigenvalue weighted by Crippen LogP contribution is -2.10. The van der Waals surface area contributed by atoms with Crippen molar-refractivity contribution in [2.75, 3.05) is 4.90 Å². The van der Waals surface area contributed by atoms with E-state index in [9.17, 15) is 0 Å². The van der Waals surface area contributed by atoms with Crippen LogP contribution >= 0.6 is 22.7 Å². The maximum Gasteiger partial charge on any atom is 0.143 e. The number of furan rings is 1. The first-order valence-corrected chi connectivity index (χ1v) is 18.5. The van der Waals surface area contributed by atoms with Crippen molar-refractivity contribution in [3.05, 3.63) is 164 Å². The van der Waals surface area contributed by atoms with Crippen molar-refractivity contribution in [3.8, 4) is 11.1 Å². The van der Waals surface area contributed by atoms with Gasteiger partial charge in [-0.1, -0.05) is 103 Å². The maximum absolute atomic E-state index is 6.69. The summed E-state index contributed by atoms with van der Waals surface area (Å²) in [6, 6.07) is 59.5. The Morgan fingerprint density at radius 2 is 1.10 bits per heavy atom. The van der Waals surface area contributed by atoms with Crippen LogP contribution in [-0.4, -0.2) is 0 Å².